The second-order valence-electron chi connectivity index (χ2n) is 9.19. The number of hydrogen-bond acceptors (Lipinski definition) is 6. The molecule has 0 spiro atoms. The predicted octanol–water partition coefficient (Wildman–Crippen LogP) is 2.74. The second-order valence-corrected chi connectivity index (χ2v) is 11.3. The van der Waals surface area contributed by atoms with Crippen LogP contribution in [0.3, 0.4) is 0 Å². The van der Waals surface area contributed by atoms with Gasteiger partial charge in [0.1, 0.15) is 23.7 Å². The van der Waals surface area contributed by atoms with Crippen LogP contribution in [0.25, 0.3) is 10.8 Å². The number of benzene rings is 2. The van der Waals surface area contributed by atoms with E-state index in [4.69, 9.17) is 0 Å². The molecular formula is C26H23F3N3NaO5S2. The fraction of sp³-hybridized carbons (Fsp3) is 0.308. The molecule has 0 aliphatic carbocycles. The molecule has 3 aliphatic heterocycles. The summed E-state index contributed by atoms with van der Waals surface area (Å²) >= 11 is 2.54. The summed E-state index contributed by atoms with van der Waals surface area (Å²) in [4.78, 5) is 52.6. The number of carboxylic acid groups (broad SMARTS) is 1. The van der Waals surface area contributed by atoms with Crippen molar-refractivity contribution in [3.05, 3.63) is 65.4 Å². The average Bonchev–Trinajstić information content (AvgIpc) is 3.22. The number of allylic oxidation sites excluding steroid dienone is 1. The summed E-state index contributed by atoms with van der Waals surface area (Å²) in [5, 5.41) is 14.0. The van der Waals surface area contributed by atoms with Crippen LogP contribution in [-0.2, 0) is 19.2 Å². The molecule has 0 radical (unpaired) electrons. The first kappa shape index (κ1) is 30.5. The summed E-state index contributed by atoms with van der Waals surface area (Å²) in [6.07, 6.45) is -3.21. The number of carbonyl (C=O) groups is 4. The summed E-state index contributed by atoms with van der Waals surface area (Å²) in [6, 6.07) is 12.8. The first-order chi connectivity index (χ1) is 18.5. The Morgan fingerprint density at radius 2 is 1.88 bits per heavy atom. The minimum atomic E-state index is -4.54. The molecule has 2 aromatic carbocycles. The van der Waals surface area contributed by atoms with Crippen LogP contribution >= 0.6 is 23.5 Å². The van der Waals surface area contributed by atoms with Crippen LogP contribution < -0.4 is 5.32 Å². The van der Waals surface area contributed by atoms with Crippen molar-refractivity contribution in [2.75, 3.05) is 24.6 Å². The van der Waals surface area contributed by atoms with Gasteiger partial charge in [-0.1, -0.05) is 30.3 Å². The van der Waals surface area contributed by atoms with Crippen LogP contribution in [0.15, 0.2) is 70.3 Å². The SMILES string of the molecule is O=C(CSc1ccc2ccccc2c1)N[C@@H]1C(=O)N2C(C(=O)O)=C(/C=C3\CCN(CC(F)(F)F)C3=O)CS[C@H]12.[NaH]. The van der Waals surface area contributed by atoms with Gasteiger partial charge in [-0.05, 0) is 41.0 Å². The Morgan fingerprint density at radius 3 is 2.58 bits per heavy atom. The molecule has 0 unspecified atom stereocenters. The molecule has 8 nitrogen and oxygen atoms in total. The van der Waals surface area contributed by atoms with E-state index in [1.807, 2.05) is 42.5 Å². The van der Waals surface area contributed by atoms with Gasteiger partial charge in [-0.3, -0.25) is 19.3 Å². The number of nitrogens with one attached hydrogen (secondary N) is 1. The number of fused-ring (bicyclic) bond motifs is 2. The topological polar surface area (TPSA) is 107 Å². The van der Waals surface area contributed by atoms with Crippen LogP contribution in [0.2, 0.25) is 0 Å². The molecule has 2 aromatic rings. The van der Waals surface area contributed by atoms with Crippen LogP contribution in [0, 0.1) is 0 Å². The molecule has 3 amide bonds. The molecule has 14 heteroatoms. The molecule has 2 saturated heterocycles. The number of rotatable bonds is 7. The molecule has 3 heterocycles. The van der Waals surface area contributed by atoms with Crippen molar-refractivity contribution in [2.45, 2.75) is 28.9 Å². The predicted molar refractivity (Wildman–Crippen MR) is 147 cm³/mol. The number of amides is 3. The van der Waals surface area contributed by atoms with Crippen molar-refractivity contribution >= 4 is 87.5 Å². The Labute approximate surface area is 257 Å². The van der Waals surface area contributed by atoms with E-state index in [1.165, 1.54) is 29.6 Å². The zero-order valence-electron chi connectivity index (χ0n) is 20.2. The number of aliphatic carboxylic acids is 1. The van der Waals surface area contributed by atoms with Crippen LogP contribution in [0.1, 0.15) is 6.42 Å². The van der Waals surface area contributed by atoms with Gasteiger partial charge in [-0.25, -0.2) is 4.79 Å². The van der Waals surface area contributed by atoms with Crippen molar-refractivity contribution in [2.24, 2.45) is 0 Å². The van der Waals surface area contributed by atoms with Gasteiger partial charge in [0, 0.05) is 22.8 Å². The number of nitrogens with zero attached hydrogens (tertiary/aromatic N) is 2. The Morgan fingerprint density at radius 1 is 1.15 bits per heavy atom. The number of carboxylic acids is 1. The van der Waals surface area contributed by atoms with Gasteiger partial charge < -0.3 is 15.3 Å². The molecule has 5 rings (SSSR count). The first-order valence-corrected chi connectivity index (χ1v) is 13.9. The maximum absolute atomic E-state index is 12.9. The van der Waals surface area contributed by atoms with Crippen molar-refractivity contribution in [1.82, 2.24) is 15.1 Å². The molecule has 206 valence electrons. The third-order valence-corrected chi connectivity index (χ3v) is 8.84. The summed E-state index contributed by atoms with van der Waals surface area (Å²) in [6.45, 7) is -1.50. The summed E-state index contributed by atoms with van der Waals surface area (Å²) in [5.74, 6) is -2.99. The third kappa shape index (κ3) is 6.38. The van der Waals surface area contributed by atoms with Crippen molar-refractivity contribution in [3.8, 4) is 0 Å². The number of alkyl halides is 3. The van der Waals surface area contributed by atoms with Gasteiger partial charge in [0.05, 0.1) is 5.75 Å². The van der Waals surface area contributed by atoms with E-state index in [-0.39, 0.29) is 76.8 Å². The number of hydrogen-bond donors (Lipinski definition) is 2. The molecule has 0 saturated carbocycles. The quantitative estimate of drug-likeness (QED) is 0.218. The molecular weight excluding hydrogens is 578 g/mol. The van der Waals surface area contributed by atoms with Gasteiger partial charge in [0.2, 0.25) is 11.8 Å². The van der Waals surface area contributed by atoms with Gasteiger partial charge in [-0.15, -0.1) is 23.5 Å². The molecule has 40 heavy (non-hydrogen) atoms. The third-order valence-electron chi connectivity index (χ3n) is 6.54. The van der Waals surface area contributed by atoms with Crippen LogP contribution in [-0.4, -0.2) is 110 Å². The van der Waals surface area contributed by atoms with Gasteiger partial charge in [0.15, 0.2) is 0 Å². The van der Waals surface area contributed by atoms with Gasteiger partial charge in [-0.2, -0.15) is 13.2 Å². The fourth-order valence-electron chi connectivity index (χ4n) is 4.75. The standard InChI is InChI=1S/C26H22F3N3O5S2.Na.H/c27-26(28,29)13-31-8-7-16(22(31)34)9-17-11-39-24-20(23(35)32(24)21(17)25(36)37)30-19(33)12-38-18-6-5-14-3-1-2-4-15(14)10-18;;/h1-6,9-10,20,24H,7-8,11-13H2,(H,30,33)(H,36,37);;/b16-9+;;/t20-,24-;;/m1../s1. The van der Waals surface area contributed by atoms with Crippen LogP contribution in [0.5, 0.6) is 0 Å². The van der Waals surface area contributed by atoms with E-state index >= 15 is 0 Å². The monoisotopic (exact) mass is 601 g/mol. The number of likely N-dealkylation sites (tertiary alicyclic amines) is 1. The van der Waals surface area contributed by atoms with E-state index in [1.54, 1.807) is 0 Å². The zero-order valence-corrected chi connectivity index (χ0v) is 21.9. The molecule has 2 N–H and O–H groups in total. The molecule has 2 atom stereocenters. The fourth-order valence-corrected chi connectivity index (χ4v) is 6.81. The molecule has 0 aromatic heterocycles. The Kier molecular flexibility index (Phi) is 9.30. The molecule has 3 aliphatic rings. The Balaban J connectivity index is 0.00000370. The van der Waals surface area contributed by atoms with Crippen molar-refractivity contribution in [3.63, 3.8) is 0 Å². The van der Waals surface area contributed by atoms with Crippen molar-refractivity contribution < 1.29 is 37.5 Å². The normalized spacial score (nSPS) is 21.8. The first-order valence-electron chi connectivity index (χ1n) is 11.9. The average molecular weight is 602 g/mol. The van der Waals surface area contributed by atoms with Crippen molar-refractivity contribution in [1.29, 1.82) is 0 Å². The summed E-state index contributed by atoms with van der Waals surface area (Å²) in [5.41, 5.74) is -0.0871. The minimum absolute atomic E-state index is 0. The van der Waals surface area contributed by atoms with E-state index in [0.717, 1.165) is 20.6 Å². The molecule has 0 bridgehead atoms. The zero-order chi connectivity index (χ0) is 27.9. The Bertz CT molecular complexity index is 1450. The Hall–Kier alpha value is -2.45. The van der Waals surface area contributed by atoms with E-state index in [2.05, 4.69) is 5.32 Å². The summed E-state index contributed by atoms with van der Waals surface area (Å²) < 4.78 is 38.2. The van der Waals surface area contributed by atoms with E-state index in [9.17, 15) is 37.5 Å². The van der Waals surface area contributed by atoms with E-state index < -0.39 is 41.9 Å². The maximum atomic E-state index is 12.9. The molecule has 2 fully saturated rings. The van der Waals surface area contributed by atoms with Gasteiger partial charge >= 0.3 is 41.7 Å². The second kappa shape index (κ2) is 12.2. The van der Waals surface area contributed by atoms with Crippen LogP contribution in [0.4, 0.5) is 13.2 Å². The summed E-state index contributed by atoms with van der Waals surface area (Å²) in [7, 11) is 0. The number of carbonyl (C=O) groups excluding carboxylic acids is 3. The number of β-lactam (4-membered cyclic amide) rings is 1. The van der Waals surface area contributed by atoms with E-state index in [0.29, 0.717) is 4.90 Å². The number of halogens is 3. The van der Waals surface area contributed by atoms with Gasteiger partial charge in [0.25, 0.3) is 5.91 Å². The number of thioether (sulfide) groups is 2.